The molecule has 96 valence electrons. The number of benzene rings is 1. The third-order valence-corrected chi connectivity index (χ3v) is 3.19. The van der Waals surface area contributed by atoms with Crippen LogP contribution < -0.4 is 10.1 Å². The van der Waals surface area contributed by atoms with E-state index in [1.54, 1.807) is 7.11 Å². The topological polar surface area (TPSA) is 33.6 Å². The summed E-state index contributed by atoms with van der Waals surface area (Å²) in [5, 5.41) is 4.18. The quantitative estimate of drug-likeness (QED) is 0.821. The summed E-state index contributed by atoms with van der Waals surface area (Å²) in [4.78, 5) is 4.43. The Hall–Kier alpha value is -1.42. The minimum Gasteiger partial charge on any atom is -0.497 e. The standard InChI is InChI=1S/C14H18N2OS/c1-9(2)12-8-13(18)16-14(15-12)10-4-6-11(17-3)7-5-10/h4-9,12,18H,1-3H3,(H,15,16). The second-order valence-corrected chi connectivity index (χ2v) is 5.09. The third-order valence-electron chi connectivity index (χ3n) is 2.94. The summed E-state index contributed by atoms with van der Waals surface area (Å²) in [7, 11) is 1.66. The van der Waals surface area contributed by atoms with Crippen molar-refractivity contribution in [1.29, 1.82) is 0 Å². The van der Waals surface area contributed by atoms with E-state index in [1.165, 1.54) is 0 Å². The fraction of sp³-hybridized carbons (Fsp3) is 0.357. The summed E-state index contributed by atoms with van der Waals surface area (Å²) in [5.41, 5.74) is 1.04. The summed E-state index contributed by atoms with van der Waals surface area (Å²) in [5.74, 6) is 2.21. The van der Waals surface area contributed by atoms with E-state index in [2.05, 4.69) is 36.8 Å². The lowest BCUT2D eigenvalue weighted by Gasteiger charge is -2.25. The minimum absolute atomic E-state index is 0.270. The van der Waals surface area contributed by atoms with Crippen LogP contribution in [0.3, 0.4) is 0 Å². The molecule has 0 aromatic heterocycles. The Labute approximate surface area is 113 Å². The van der Waals surface area contributed by atoms with Crippen molar-refractivity contribution in [2.75, 3.05) is 7.11 Å². The Kier molecular flexibility index (Phi) is 3.97. The number of thiol groups is 1. The summed E-state index contributed by atoms with van der Waals surface area (Å²) < 4.78 is 5.15. The molecule has 1 atom stereocenters. The molecule has 1 aromatic carbocycles. The van der Waals surface area contributed by atoms with Crippen LogP contribution in [0.1, 0.15) is 19.4 Å². The second-order valence-electron chi connectivity index (χ2n) is 4.63. The van der Waals surface area contributed by atoms with E-state index < -0.39 is 0 Å². The number of nitrogens with one attached hydrogen (secondary N) is 1. The molecule has 0 saturated carbocycles. The molecule has 0 fully saturated rings. The zero-order valence-electron chi connectivity index (χ0n) is 10.8. The van der Waals surface area contributed by atoms with Crippen LogP contribution in [0.5, 0.6) is 5.75 Å². The first-order valence-electron chi connectivity index (χ1n) is 6.00. The molecule has 3 nitrogen and oxygen atoms in total. The van der Waals surface area contributed by atoms with E-state index in [0.29, 0.717) is 5.92 Å². The largest absolute Gasteiger partial charge is 0.497 e. The number of ether oxygens (including phenoxy) is 1. The molecule has 18 heavy (non-hydrogen) atoms. The van der Waals surface area contributed by atoms with E-state index in [0.717, 1.165) is 22.2 Å². The van der Waals surface area contributed by atoms with E-state index in [-0.39, 0.29) is 6.04 Å². The van der Waals surface area contributed by atoms with Crippen molar-refractivity contribution in [3.05, 3.63) is 40.9 Å². The maximum Gasteiger partial charge on any atom is 0.135 e. The number of methoxy groups -OCH3 is 1. The molecular formula is C14H18N2OS. The molecule has 1 N–H and O–H groups in total. The molecule has 1 heterocycles. The van der Waals surface area contributed by atoms with Gasteiger partial charge in [0.15, 0.2) is 0 Å². The van der Waals surface area contributed by atoms with Crippen LogP contribution in [-0.2, 0) is 0 Å². The molecule has 0 radical (unpaired) electrons. The van der Waals surface area contributed by atoms with Crippen molar-refractivity contribution in [1.82, 2.24) is 5.32 Å². The first-order chi connectivity index (χ1) is 8.60. The van der Waals surface area contributed by atoms with Crippen molar-refractivity contribution in [2.24, 2.45) is 10.9 Å². The van der Waals surface area contributed by atoms with Crippen molar-refractivity contribution < 1.29 is 4.74 Å². The van der Waals surface area contributed by atoms with Gasteiger partial charge in [0, 0.05) is 5.56 Å². The molecule has 4 heteroatoms. The van der Waals surface area contributed by atoms with Crippen molar-refractivity contribution >= 4 is 18.5 Å². The number of hydrogen-bond donors (Lipinski definition) is 2. The summed E-state index contributed by atoms with van der Waals surface area (Å²) in [6.07, 6.45) is 2.04. The molecule has 2 rings (SSSR count). The highest BCUT2D eigenvalue weighted by molar-refractivity contribution is 7.84. The van der Waals surface area contributed by atoms with Gasteiger partial charge in [0.2, 0.25) is 0 Å². The molecular weight excluding hydrogens is 244 g/mol. The van der Waals surface area contributed by atoms with Crippen molar-refractivity contribution in [2.45, 2.75) is 19.9 Å². The average molecular weight is 262 g/mol. The van der Waals surface area contributed by atoms with Crippen molar-refractivity contribution in [3.63, 3.8) is 0 Å². The van der Waals surface area contributed by atoms with Crippen LogP contribution in [-0.4, -0.2) is 19.0 Å². The zero-order chi connectivity index (χ0) is 13.1. The van der Waals surface area contributed by atoms with Gasteiger partial charge in [-0.25, -0.2) is 4.99 Å². The molecule has 1 aromatic rings. The smallest absolute Gasteiger partial charge is 0.135 e. The number of rotatable bonds is 3. The zero-order valence-corrected chi connectivity index (χ0v) is 11.7. The maximum absolute atomic E-state index is 5.15. The van der Waals surface area contributed by atoms with Crippen molar-refractivity contribution in [3.8, 4) is 5.75 Å². The number of aliphatic imine (C=N–C) groups is 1. The van der Waals surface area contributed by atoms with Gasteiger partial charge in [-0.3, -0.25) is 0 Å². The monoisotopic (exact) mass is 262 g/mol. The van der Waals surface area contributed by atoms with Gasteiger partial charge in [-0.05, 0) is 36.3 Å². The highest BCUT2D eigenvalue weighted by Crippen LogP contribution is 2.19. The fourth-order valence-corrected chi connectivity index (χ4v) is 2.06. The second kappa shape index (κ2) is 5.48. The first kappa shape index (κ1) is 13.0. The molecule has 1 aliphatic heterocycles. The van der Waals surface area contributed by atoms with Gasteiger partial charge < -0.3 is 10.1 Å². The highest BCUT2D eigenvalue weighted by Gasteiger charge is 2.18. The summed E-state index contributed by atoms with van der Waals surface area (Å²) in [6, 6.07) is 8.12. The van der Waals surface area contributed by atoms with E-state index in [4.69, 9.17) is 4.74 Å². The van der Waals surface area contributed by atoms with Gasteiger partial charge in [0.05, 0.1) is 18.2 Å². The van der Waals surface area contributed by atoms with Gasteiger partial charge in [-0.2, -0.15) is 0 Å². The fourth-order valence-electron chi connectivity index (χ4n) is 1.80. The van der Waals surface area contributed by atoms with Gasteiger partial charge in [0.1, 0.15) is 11.6 Å². The SMILES string of the molecule is COc1ccc(C2=NC(S)=CC(C(C)C)N2)cc1. The highest BCUT2D eigenvalue weighted by atomic mass is 32.1. The first-order valence-corrected chi connectivity index (χ1v) is 6.45. The van der Waals surface area contributed by atoms with Crippen LogP contribution in [0.2, 0.25) is 0 Å². The molecule has 0 spiro atoms. The van der Waals surface area contributed by atoms with E-state index in [9.17, 15) is 0 Å². The molecule has 0 saturated heterocycles. The van der Waals surface area contributed by atoms with Crippen LogP contribution in [0.25, 0.3) is 0 Å². The summed E-state index contributed by atoms with van der Waals surface area (Å²) >= 11 is 4.37. The number of nitrogens with zero attached hydrogens (tertiary/aromatic N) is 1. The van der Waals surface area contributed by atoms with Crippen LogP contribution in [0.4, 0.5) is 0 Å². The number of hydrogen-bond acceptors (Lipinski definition) is 4. The predicted molar refractivity (Wildman–Crippen MR) is 78.4 cm³/mol. The minimum atomic E-state index is 0.270. The van der Waals surface area contributed by atoms with E-state index in [1.807, 2.05) is 30.3 Å². The Morgan fingerprint density at radius 2 is 1.94 bits per heavy atom. The molecule has 0 aliphatic carbocycles. The molecule has 0 amide bonds. The lowest BCUT2D eigenvalue weighted by molar-refractivity contribution is 0.415. The van der Waals surface area contributed by atoms with Gasteiger partial charge in [-0.15, -0.1) is 12.6 Å². The van der Waals surface area contributed by atoms with Gasteiger partial charge >= 0.3 is 0 Å². The van der Waals surface area contributed by atoms with Crippen LogP contribution >= 0.6 is 12.6 Å². The average Bonchev–Trinajstić information content (AvgIpc) is 2.38. The lowest BCUT2D eigenvalue weighted by Crippen LogP contribution is -2.39. The Morgan fingerprint density at radius 3 is 2.50 bits per heavy atom. The third kappa shape index (κ3) is 2.88. The molecule has 0 bridgehead atoms. The van der Waals surface area contributed by atoms with Crippen LogP contribution in [0.15, 0.2) is 40.4 Å². The molecule has 1 aliphatic rings. The normalized spacial score (nSPS) is 19.1. The predicted octanol–water partition coefficient (Wildman–Crippen LogP) is 2.84. The Morgan fingerprint density at radius 1 is 1.28 bits per heavy atom. The van der Waals surface area contributed by atoms with E-state index >= 15 is 0 Å². The number of amidine groups is 1. The molecule has 1 unspecified atom stereocenters. The Balaban J connectivity index is 2.24. The summed E-state index contributed by atoms with van der Waals surface area (Å²) in [6.45, 7) is 4.35. The lowest BCUT2D eigenvalue weighted by atomic mass is 10.0. The maximum atomic E-state index is 5.15. The Bertz CT molecular complexity index is 477. The van der Waals surface area contributed by atoms with Gasteiger partial charge in [0.25, 0.3) is 0 Å². The van der Waals surface area contributed by atoms with Gasteiger partial charge in [-0.1, -0.05) is 13.8 Å². The van der Waals surface area contributed by atoms with Crippen LogP contribution in [0, 0.1) is 5.92 Å².